The van der Waals surface area contributed by atoms with E-state index in [2.05, 4.69) is 5.32 Å². The molecule has 100 valence electrons. The van der Waals surface area contributed by atoms with Gasteiger partial charge in [0, 0.05) is 13.7 Å². The number of carbonyl (C=O) groups is 1. The predicted octanol–water partition coefficient (Wildman–Crippen LogP) is 0.901. The lowest BCUT2D eigenvalue weighted by Crippen LogP contribution is -2.51. The lowest BCUT2D eigenvalue weighted by atomic mass is 9.91. The van der Waals surface area contributed by atoms with E-state index in [1.54, 1.807) is 0 Å². The van der Waals surface area contributed by atoms with Crippen LogP contribution in [0.5, 0.6) is 0 Å². The molecule has 18 heavy (non-hydrogen) atoms. The first kappa shape index (κ1) is 14.5. The molecule has 0 heterocycles. The Morgan fingerprint density at radius 2 is 2.11 bits per heavy atom. The molecule has 1 aromatic rings. The van der Waals surface area contributed by atoms with E-state index >= 15 is 0 Å². The van der Waals surface area contributed by atoms with Crippen LogP contribution in [0.1, 0.15) is 12.5 Å². The van der Waals surface area contributed by atoms with E-state index in [1.165, 1.54) is 20.1 Å². The number of nitrogens with two attached hydrogens (primary N) is 1. The number of primary amides is 1. The molecule has 0 saturated heterocycles. The van der Waals surface area contributed by atoms with Crippen LogP contribution in [0.2, 0.25) is 0 Å². The van der Waals surface area contributed by atoms with Crippen LogP contribution < -0.4 is 11.1 Å². The molecule has 0 radical (unpaired) electrons. The average Bonchev–Trinajstić information content (AvgIpc) is 2.32. The number of ether oxygens (including phenoxy) is 1. The summed E-state index contributed by atoms with van der Waals surface area (Å²) in [5, 5.41) is 2.87. The Kier molecular flexibility index (Phi) is 4.75. The maximum Gasteiger partial charge on any atom is 0.242 e. The van der Waals surface area contributed by atoms with Crippen molar-refractivity contribution in [3.8, 4) is 0 Å². The largest absolute Gasteiger partial charge is 0.383 e. The summed E-state index contributed by atoms with van der Waals surface area (Å²) < 4.78 is 30.9. The predicted molar refractivity (Wildman–Crippen MR) is 62.8 cm³/mol. The van der Waals surface area contributed by atoms with Crippen molar-refractivity contribution in [3.05, 3.63) is 35.4 Å². The van der Waals surface area contributed by atoms with Gasteiger partial charge in [0.1, 0.15) is 5.54 Å². The Morgan fingerprint density at radius 1 is 1.44 bits per heavy atom. The van der Waals surface area contributed by atoms with Crippen molar-refractivity contribution in [2.75, 3.05) is 20.3 Å². The molecule has 0 spiro atoms. The molecule has 0 aliphatic heterocycles. The Hall–Kier alpha value is -1.53. The summed E-state index contributed by atoms with van der Waals surface area (Å²) in [5.41, 5.74) is 4.31. The molecule has 0 aromatic heterocycles. The first-order valence-corrected chi connectivity index (χ1v) is 5.41. The number of carbonyl (C=O) groups excluding carboxylic acids is 1. The highest BCUT2D eigenvalue weighted by Crippen LogP contribution is 2.22. The van der Waals surface area contributed by atoms with Gasteiger partial charge in [0.15, 0.2) is 11.6 Å². The normalized spacial score (nSPS) is 14.2. The molecule has 6 heteroatoms. The summed E-state index contributed by atoms with van der Waals surface area (Å²) in [6.45, 7) is 2.24. The van der Waals surface area contributed by atoms with Crippen molar-refractivity contribution < 1.29 is 18.3 Å². The fraction of sp³-hybridized carbons (Fsp3) is 0.417. The maximum absolute atomic E-state index is 13.2. The van der Waals surface area contributed by atoms with E-state index < -0.39 is 23.1 Å². The zero-order chi connectivity index (χ0) is 13.8. The third-order valence-corrected chi connectivity index (χ3v) is 2.77. The van der Waals surface area contributed by atoms with Crippen LogP contribution in [0.4, 0.5) is 8.78 Å². The van der Waals surface area contributed by atoms with Gasteiger partial charge in [-0.1, -0.05) is 6.07 Å². The molecule has 1 rings (SSSR count). The number of rotatable bonds is 6. The molecule has 0 fully saturated rings. The van der Waals surface area contributed by atoms with Crippen LogP contribution >= 0.6 is 0 Å². The molecular formula is C12H16F2N2O2. The van der Waals surface area contributed by atoms with Gasteiger partial charge < -0.3 is 10.5 Å². The highest BCUT2D eigenvalue weighted by atomic mass is 19.2. The van der Waals surface area contributed by atoms with Crippen molar-refractivity contribution in [2.24, 2.45) is 5.73 Å². The third-order valence-electron chi connectivity index (χ3n) is 2.77. The first-order valence-electron chi connectivity index (χ1n) is 5.41. The number of nitrogens with one attached hydrogen (secondary N) is 1. The smallest absolute Gasteiger partial charge is 0.242 e. The topological polar surface area (TPSA) is 64.3 Å². The number of hydrogen-bond acceptors (Lipinski definition) is 3. The fourth-order valence-corrected chi connectivity index (χ4v) is 1.54. The number of halogens is 2. The van der Waals surface area contributed by atoms with Gasteiger partial charge in [0.05, 0.1) is 6.61 Å². The Morgan fingerprint density at radius 3 is 2.61 bits per heavy atom. The highest BCUT2D eigenvalue weighted by molar-refractivity contribution is 5.85. The van der Waals surface area contributed by atoms with Gasteiger partial charge in [0.25, 0.3) is 0 Å². The quantitative estimate of drug-likeness (QED) is 0.745. The van der Waals surface area contributed by atoms with Crippen LogP contribution in [-0.4, -0.2) is 26.2 Å². The number of benzene rings is 1. The lowest BCUT2D eigenvalue weighted by molar-refractivity contribution is -0.124. The van der Waals surface area contributed by atoms with Crippen LogP contribution in [0, 0.1) is 11.6 Å². The average molecular weight is 258 g/mol. The molecule has 1 unspecified atom stereocenters. The monoisotopic (exact) mass is 258 g/mol. The van der Waals surface area contributed by atoms with Gasteiger partial charge in [-0.25, -0.2) is 8.78 Å². The van der Waals surface area contributed by atoms with E-state index in [1.807, 2.05) is 0 Å². The summed E-state index contributed by atoms with van der Waals surface area (Å²) in [5.74, 6) is -2.67. The van der Waals surface area contributed by atoms with Gasteiger partial charge in [-0.3, -0.25) is 10.1 Å². The zero-order valence-electron chi connectivity index (χ0n) is 10.3. The lowest BCUT2D eigenvalue weighted by Gasteiger charge is -2.28. The Bertz CT molecular complexity index is 440. The molecule has 1 amide bonds. The van der Waals surface area contributed by atoms with Gasteiger partial charge in [-0.05, 0) is 24.6 Å². The van der Waals surface area contributed by atoms with Crippen LogP contribution in [0.15, 0.2) is 18.2 Å². The fourth-order valence-electron chi connectivity index (χ4n) is 1.54. The van der Waals surface area contributed by atoms with E-state index in [4.69, 9.17) is 10.5 Å². The first-order chi connectivity index (χ1) is 8.41. The van der Waals surface area contributed by atoms with Crippen molar-refractivity contribution in [1.29, 1.82) is 0 Å². The van der Waals surface area contributed by atoms with Crippen LogP contribution in [-0.2, 0) is 15.1 Å². The Labute approximate surface area is 104 Å². The summed E-state index contributed by atoms with van der Waals surface area (Å²) >= 11 is 0. The van der Waals surface area contributed by atoms with E-state index in [0.29, 0.717) is 13.2 Å². The third kappa shape index (κ3) is 3.02. The summed E-state index contributed by atoms with van der Waals surface area (Å²) in [6, 6.07) is 3.24. The molecule has 0 aliphatic rings. The van der Waals surface area contributed by atoms with Crippen molar-refractivity contribution in [2.45, 2.75) is 12.5 Å². The molecule has 1 atom stereocenters. The van der Waals surface area contributed by atoms with E-state index in [-0.39, 0.29) is 5.56 Å². The maximum atomic E-state index is 13.2. The molecule has 1 aromatic carbocycles. The van der Waals surface area contributed by atoms with Crippen molar-refractivity contribution in [1.82, 2.24) is 5.32 Å². The minimum absolute atomic E-state index is 0.269. The van der Waals surface area contributed by atoms with Gasteiger partial charge in [-0.15, -0.1) is 0 Å². The van der Waals surface area contributed by atoms with Crippen molar-refractivity contribution >= 4 is 5.91 Å². The zero-order valence-corrected chi connectivity index (χ0v) is 10.3. The number of hydrogen-bond donors (Lipinski definition) is 2. The minimum Gasteiger partial charge on any atom is -0.383 e. The summed E-state index contributed by atoms with van der Waals surface area (Å²) in [4.78, 5) is 11.5. The van der Waals surface area contributed by atoms with Gasteiger partial charge in [0.2, 0.25) is 5.91 Å². The molecule has 4 nitrogen and oxygen atoms in total. The molecular weight excluding hydrogens is 242 g/mol. The second-order valence-corrected chi connectivity index (χ2v) is 4.04. The minimum atomic E-state index is -1.27. The van der Waals surface area contributed by atoms with Gasteiger partial charge in [-0.2, -0.15) is 0 Å². The van der Waals surface area contributed by atoms with Crippen LogP contribution in [0.25, 0.3) is 0 Å². The standard InChI is InChI=1S/C12H16F2N2O2/c1-12(11(15)17,16-5-6-18-2)8-3-4-9(13)10(14)7-8/h3-4,7,16H,5-6H2,1-2H3,(H2,15,17). The SMILES string of the molecule is COCCNC(C)(C(N)=O)c1ccc(F)c(F)c1. The molecule has 0 saturated carbocycles. The highest BCUT2D eigenvalue weighted by Gasteiger charge is 2.33. The van der Waals surface area contributed by atoms with Crippen LogP contribution in [0.3, 0.4) is 0 Å². The van der Waals surface area contributed by atoms with Gasteiger partial charge >= 0.3 is 0 Å². The summed E-state index contributed by atoms with van der Waals surface area (Å²) in [7, 11) is 1.51. The molecule has 0 bridgehead atoms. The van der Waals surface area contributed by atoms with Crippen molar-refractivity contribution in [3.63, 3.8) is 0 Å². The second-order valence-electron chi connectivity index (χ2n) is 4.04. The Balaban J connectivity index is 3.02. The van der Waals surface area contributed by atoms with E-state index in [0.717, 1.165) is 12.1 Å². The summed E-state index contributed by atoms with van der Waals surface area (Å²) in [6.07, 6.45) is 0. The molecule has 3 N–H and O–H groups in total. The number of amides is 1. The number of methoxy groups -OCH3 is 1. The second kappa shape index (κ2) is 5.88. The molecule has 0 aliphatic carbocycles. The van der Waals surface area contributed by atoms with E-state index in [9.17, 15) is 13.6 Å².